The van der Waals surface area contributed by atoms with Crippen LogP contribution in [0.1, 0.15) is 13.8 Å². The third kappa shape index (κ3) is 4.14. The molecule has 108 valence electrons. The van der Waals surface area contributed by atoms with E-state index in [1.165, 1.54) is 12.1 Å². The topological polar surface area (TPSA) is 66.4 Å². The van der Waals surface area contributed by atoms with Crippen molar-refractivity contribution >= 4 is 15.5 Å². The van der Waals surface area contributed by atoms with Gasteiger partial charge in [0.25, 0.3) is 0 Å². The van der Waals surface area contributed by atoms with Crippen LogP contribution in [0.4, 0.5) is 14.5 Å². The van der Waals surface area contributed by atoms with E-state index in [0.717, 1.165) is 12.1 Å². The first-order chi connectivity index (χ1) is 8.75. The standard InChI is InChI=1S/C12H17F2NO3S/c1-8(2)11(16)7-15-9-3-5-10(6-4-9)19(17,18)12(13)14/h3-6,8,11-12,15-16H,7H2,1-2H3. The van der Waals surface area contributed by atoms with E-state index in [-0.39, 0.29) is 5.92 Å². The Kier molecular flexibility index (Phi) is 5.25. The first-order valence-corrected chi connectivity index (χ1v) is 7.34. The summed E-state index contributed by atoms with van der Waals surface area (Å²) in [7, 11) is -4.55. The van der Waals surface area contributed by atoms with Crippen molar-refractivity contribution in [2.24, 2.45) is 5.92 Å². The van der Waals surface area contributed by atoms with Crippen LogP contribution >= 0.6 is 0 Å². The second-order valence-electron chi connectivity index (χ2n) is 4.52. The van der Waals surface area contributed by atoms with Crippen LogP contribution in [0.3, 0.4) is 0 Å². The highest BCUT2D eigenvalue weighted by molar-refractivity contribution is 7.91. The first-order valence-electron chi connectivity index (χ1n) is 5.79. The summed E-state index contributed by atoms with van der Waals surface area (Å²) in [5.41, 5.74) is 0.563. The maximum absolute atomic E-state index is 12.3. The normalized spacial score (nSPS) is 13.8. The van der Waals surface area contributed by atoms with Crippen LogP contribution in [-0.4, -0.2) is 31.9 Å². The number of anilines is 1. The molecular formula is C12H17F2NO3S. The number of halogens is 2. The van der Waals surface area contributed by atoms with Gasteiger partial charge in [-0.25, -0.2) is 8.42 Å². The van der Waals surface area contributed by atoms with Crippen LogP contribution in [0, 0.1) is 5.92 Å². The summed E-state index contributed by atoms with van der Waals surface area (Å²) in [5, 5.41) is 12.5. The Hall–Kier alpha value is -1.21. The molecule has 0 aromatic heterocycles. The monoisotopic (exact) mass is 293 g/mol. The summed E-state index contributed by atoms with van der Waals surface area (Å²) in [6.45, 7) is 4.04. The van der Waals surface area contributed by atoms with E-state index in [4.69, 9.17) is 0 Å². The van der Waals surface area contributed by atoms with Gasteiger partial charge >= 0.3 is 5.76 Å². The van der Waals surface area contributed by atoms with E-state index in [9.17, 15) is 22.3 Å². The molecule has 0 bridgehead atoms. The van der Waals surface area contributed by atoms with Gasteiger partial charge in [0.05, 0.1) is 11.0 Å². The Bertz CT molecular complexity index is 500. The number of sulfone groups is 1. The SMILES string of the molecule is CC(C)C(O)CNc1ccc(S(=O)(=O)C(F)F)cc1. The van der Waals surface area contributed by atoms with E-state index >= 15 is 0 Å². The van der Waals surface area contributed by atoms with Crippen molar-refractivity contribution in [3.05, 3.63) is 24.3 Å². The van der Waals surface area contributed by atoms with Gasteiger partial charge in [-0.1, -0.05) is 13.8 Å². The summed E-state index contributed by atoms with van der Waals surface area (Å²) in [4.78, 5) is -0.419. The Balaban J connectivity index is 2.73. The molecule has 1 aromatic carbocycles. The molecule has 0 heterocycles. The highest BCUT2D eigenvalue weighted by Gasteiger charge is 2.26. The molecule has 1 unspecified atom stereocenters. The summed E-state index contributed by atoms with van der Waals surface area (Å²) in [5.74, 6) is -3.33. The minimum Gasteiger partial charge on any atom is -0.391 e. The van der Waals surface area contributed by atoms with Crippen molar-refractivity contribution in [2.75, 3.05) is 11.9 Å². The molecule has 0 saturated heterocycles. The van der Waals surface area contributed by atoms with Gasteiger partial charge in [0.1, 0.15) is 0 Å². The Morgan fingerprint density at radius 3 is 2.16 bits per heavy atom. The number of nitrogens with one attached hydrogen (secondary N) is 1. The molecule has 0 spiro atoms. The first kappa shape index (κ1) is 15.8. The minimum atomic E-state index is -4.55. The predicted octanol–water partition coefficient (Wildman–Crippen LogP) is 2.11. The summed E-state index contributed by atoms with van der Waals surface area (Å²) < 4.78 is 47.0. The second kappa shape index (κ2) is 6.29. The molecule has 0 aliphatic rings. The average Bonchev–Trinajstić information content (AvgIpc) is 2.36. The molecule has 2 N–H and O–H groups in total. The molecule has 19 heavy (non-hydrogen) atoms. The molecule has 0 fully saturated rings. The molecule has 0 saturated carbocycles. The van der Waals surface area contributed by atoms with Crippen molar-refractivity contribution in [2.45, 2.75) is 30.6 Å². The lowest BCUT2D eigenvalue weighted by Crippen LogP contribution is -2.24. The van der Waals surface area contributed by atoms with Gasteiger partial charge in [-0.15, -0.1) is 0 Å². The fourth-order valence-corrected chi connectivity index (χ4v) is 2.04. The van der Waals surface area contributed by atoms with Crippen LogP contribution in [0.25, 0.3) is 0 Å². The number of aliphatic hydroxyl groups is 1. The number of aliphatic hydroxyl groups excluding tert-OH is 1. The molecule has 0 amide bonds. The lowest BCUT2D eigenvalue weighted by molar-refractivity contribution is 0.138. The summed E-state index contributed by atoms with van der Waals surface area (Å²) in [6.07, 6.45) is -0.538. The quantitative estimate of drug-likeness (QED) is 0.843. The Labute approximate surface area is 111 Å². The van der Waals surface area contributed by atoms with E-state index in [0.29, 0.717) is 12.2 Å². The maximum Gasteiger partial charge on any atom is 0.341 e. The van der Waals surface area contributed by atoms with Crippen molar-refractivity contribution in [3.8, 4) is 0 Å². The molecule has 1 rings (SSSR count). The molecule has 4 nitrogen and oxygen atoms in total. The molecule has 0 aliphatic heterocycles. The third-order valence-electron chi connectivity index (χ3n) is 2.70. The second-order valence-corrected chi connectivity index (χ2v) is 6.44. The number of alkyl halides is 2. The van der Waals surface area contributed by atoms with E-state index < -0.39 is 26.6 Å². The number of hydrogen-bond acceptors (Lipinski definition) is 4. The third-order valence-corrected chi connectivity index (χ3v) is 4.10. The van der Waals surface area contributed by atoms with Crippen molar-refractivity contribution in [1.29, 1.82) is 0 Å². The van der Waals surface area contributed by atoms with Crippen molar-refractivity contribution in [3.63, 3.8) is 0 Å². The maximum atomic E-state index is 12.3. The summed E-state index contributed by atoms with van der Waals surface area (Å²) in [6, 6.07) is 5.02. The van der Waals surface area contributed by atoms with Gasteiger partial charge in [-0.05, 0) is 30.2 Å². The van der Waals surface area contributed by atoms with Crippen LogP contribution < -0.4 is 5.32 Å². The largest absolute Gasteiger partial charge is 0.391 e. The fourth-order valence-electron chi connectivity index (χ4n) is 1.32. The van der Waals surface area contributed by atoms with E-state index in [1.807, 2.05) is 13.8 Å². The molecular weight excluding hydrogens is 276 g/mol. The van der Waals surface area contributed by atoms with Crippen LogP contribution in [0.15, 0.2) is 29.2 Å². The molecule has 7 heteroatoms. The van der Waals surface area contributed by atoms with Gasteiger partial charge in [-0.2, -0.15) is 8.78 Å². The average molecular weight is 293 g/mol. The lowest BCUT2D eigenvalue weighted by Gasteiger charge is -2.16. The number of hydrogen-bond donors (Lipinski definition) is 2. The smallest absolute Gasteiger partial charge is 0.341 e. The molecule has 0 aliphatic carbocycles. The Morgan fingerprint density at radius 1 is 1.21 bits per heavy atom. The van der Waals surface area contributed by atoms with Crippen LogP contribution in [-0.2, 0) is 9.84 Å². The van der Waals surface area contributed by atoms with Gasteiger partial charge in [0.15, 0.2) is 0 Å². The predicted molar refractivity (Wildman–Crippen MR) is 69.0 cm³/mol. The zero-order valence-electron chi connectivity index (χ0n) is 10.7. The van der Waals surface area contributed by atoms with Gasteiger partial charge in [0.2, 0.25) is 9.84 Å². The van der Waals surface area contributed by atoms with Gasteiger partial charge in [0, 0.05) is 12.2 Å². The van der Waals surface area contributed by atoms with Gasteiger partial charge in [-0.3, -0.25) is 0 Å². The highest BCUT2D eigenvalue weighted by atomic mass is 32.2. The highest BCUT2D eigenvalue weighted by Crippen LogP contribution is 2.20. The molecule has 1 atom stereocenters. The number of rotatable bonds is 6. The zero-order valence-corrected chi connectivity index (χ0v) is 11.5. The van der Waals surface area contributed by atoms with E-state index in [1.54, 1.807) is 0 Å². The zero-order chi connectivity index (χ0) is 14.6. The Morgan fingerprint density at radius 2 is 1.74 bits per heavy atom. The lowest BCUT2D eigenvalue weighted by atomic mass is 10.1. The minimum absolute atomic E-state index is 0.0889. The van der Waals surface area contributed by atoms with Crippen LogP contribution in [0.5, 0.6) is 0 Å². The van der Waals surface area contributed by atoms with Crippen LogP contribution in [0.2, 0.25) is 0 Å². The summed E-state index contributed by atoms with van der Waals surface area (Å²) >= 11 is 0. The van der Waals surface area contributed by atoms with Gasteiger partial charge < -0.3 is 10.4 Å². The van der Waals surface area contributed by atoms with Crippen molar-refractivity contribution in [1.82, 2.24) is 0 Å². The molecule has 0 radical (unpaired) electrons. The fraction of sp³-hybridized carbons (Fsp3) is 0.500. The van der Waals surface area contributed by atoms with Crippen molar-refractivity contribution < 1.29 is 22.3 Å². The van der Waals surface area contributed by atoms with E-state index in [2.05, 4.69) is 5.32 Å². The number of benzene rings is 1. The molecule has 1 aromatic rings.